The molecule has 0 aliphatic rings. The molecule has 0 aliphatic heterocycles. The number of sulfonamides is 1. The van der Waals surface area contributed by atoms with Crippen LogP contribution in [0.15, 0.2) is 64.8 Å². The molecule has 0 saturated heterocycles. The Morgan fingerprint density at radius 1 is 1.07 bits per heavy atom. The Balaban J connectivity index is 1.75. The van der Waals surface area contributed by atoms with E-state index >= 15 is 0 Å². The number of nitrogens with one attached hydrogen (secondary N) is 1. The number of aliphatic hydroxyl groups is 1. The van der Waals surface area contributed by atoms with Gasteiger partial charge in [-0.1, -0.05) is 12.1 Å². The molecule has 0 atom stereocenters. The molecule has 0 amide bonds. The summed E-state index contributed by atoms with van der Waals surface area (Å²) in [6, 6.07) is 9.41. The maximum absolute atomic E-state index is 12.9. The molecule has 2 heterocycles. The topological polar surface area (TPSA) is 179 Å². The van der Waals surface area contributed by atoms with Crippen molar-refractivity contribution in [1.82, 2.24) is 24.5 Å². The molecule has 2 aromatic carbocycles. The number of anilines is 1. The highest BCUT2D eigenvalue weighted by Gasteiger charge is 2.23. The number of aryl methyl sites for hydroxylation is 2. The molecule has 4 N–H and O–H groups in total. The van der Waals surface area contributed by atoms with Gasteiger partial charge >= 0.3 is 0 Å². The van der Waals surface area contributed by atoms with Crippen molar-refractivity contribution < 1.29 is 26.1 Å². The molecule has 14 heteroatoms. The highest BCUT2D eigenvalue weighted by Crippen LogP contribution is 2.31. The maximum Gasteiger partial charge on any atom is 0.299 e. The predicted octanol–water partition coefficient (Wildman–Crippen LogP) is 2.97. The molecule has 0 bridgehead atoms. The summed E-state index contributed by atoms with van der Waals surface area (Å²) in [6.45, 7) is 8.05. The van der Waals surface area contributed by atoms with Crippen molar-refractivity contribution in [1.29, 1.82) is 0 Å². The van der Waals surface area contributed by atoms with Crippen LogP contribution in [0.25, 0.3) is 28.2 Å². The first-order valence-corrected chi connectivity index (χ1v) is 15.5. The average molecular weight is 601 g/mol. The van der Waals surface area contributed by atoms with Gasteiger partial charge in [0.1, 0.15) is 16.4 Å². The quantitative estimate of drug-likeness (QED) is 0.229. The standard InChI is InChI=1S/C27H32N6O6S2/c1-6-39-41(37,38)24-10-7-17(2)11-23(24)33-15-19(13-30-33)25-26(28)29-14-22(32-25)21-12-20(9-8-18(21)3)40(35,36)31-16-27(4,5)34/h7-15,31,34H,6,16H2,1-5H3,(H2,28,29). The summed E-state index contributed by atoms with van der Waals surface area (Å²) in [7, 11) is -7.95. The van der Waals surface area contributed by atoms with Gasteiger partial charge in [-0.15, -0.1) is 0 Å². The minimum atomic E-state index is -4.03. The SMILES string of the molecule is CCOS(=O)(=O)c1ccc(C)cc1-n1cc(-c2nc(-c3cc(S(=O)(=O)NCC(C)(C)O)ccc3C)cnc2N)cn1. The van der Waals surface area contributed by atoms with Crippen LogP contribution in [0.5, 0.6) is 0 Å². The highest BCUT2D eigenvalue weighted by molar-refractivity contribution is 7.89. The first kappa shape index (κ1) is 30.3. The lowest BCUT2D eigenvalue weighted by Gasteiger charge is -2.18. The molecule has 2 aromatic heterocycles. The van der Waals surface area contributed by atoms with Gasteiger partial charge in [0.25, 0.3) is 10.1 Å². The number of aromatic nitrogens is 4. The summed E-state index contributed by atoms with van der Waals surface area (Å²) >= 11 is 0. The van der Waals surface area contributed by atoms with Gasteiger partial charge in [-0.25, -0.2) is 27.8 Å². The van der Waals surface area contributed by atoms with Gasteiger partial charge in [-0.05, 0) is 70.0 Å². The smallest absolute Gasteiger partial charge is 0.299 e. The second-order valence-electron chi connectivity index (χ2n) is 10.1. The van der Waals surface area contributed by atoms with Crippen LogP contribution < -0.4 is 10.5 Å². The summed E-state index contributed by atoms with van der Waals surface area (Å²) in [5.41, 5.74) is 8.43. The summed E-state index contributed by atoms with van der Waals surface area (Å²) < 4.78 is 60.0. The first-order chi connectivity index (χ1) is 19.1. The third-order valence-corrected chi connectivity index (χ3v) is 8.88. The second-order valence-corrected chi connectivity index (χ2v) is 13.5. The van der Waals surface area contributed by atoms with E-state index in [-0.39, 0.29) is 34.5 Å². The van der Waals surface area contributed by atoms with E-state index in [1.54, 1.807) is 31.3 Å². The number of nitrogens with zero attached hydrogens (tertiary/aromatic N) is 4. The fourth-order valence-corrected chi connectivity index (χ4v) is 6.26. The third kappa shape index (κ3) is 6.80. The van der Waals surface area contributed by atoms with Crippen molar-refractivity contribution in [2.24, 2.45) is 0 Å². The Labute approximate surface area is 239 Å². The predicted molar refractivity (Wildman–Crippen MR) is 154 cm³/mol. The molecular formula is C27H32N6O6S2. The van der Waals surface area contributed by atoms with Crippen molar-refractivity contribution in [2.75, 3.05) is 18.9 Å². The average Bonchev–Trinajstić information content (AvgIpc) is 3.38. The van der Waals surface area contributed by atoms with Crippen molar-refractivity contribution in [3.63, 3.8) is 0 Å². The van der Waals surface area contributed by atoms with Crippen LogP contribution in [0.3, 0.4) is 0 Å². The molecule has 4 aromatic rings. The van der Waals surface area contributed by atoms with E-state index in [0.29, 0.717) is 22.5 Å². The lowest BCUT2D eigenvalue weighted by Crippen LogP contribution is -2.38. The lowest BCUT2D eigenvalue weighted by atomic mass is 10.1. The maximum atomic E-state index is 12.9. The Bertz CT molecular complexity index is 1810. The van der Waals surface area contributed by atoms with Crippen molar-refractivity contribution in [3.8, 4) is 28.2 Å². The summed E-state index contributed by atoms with van der Waals surface area (Å²) in [5.74, 6) is 0.105. The van der Waals surface area contributed by atoms with Crippen LogP contribution in [0, 0.1) is 13.8 Å². The zero-order valence-electron chi connectivity index (χ0n) is 23.3. The van der Waals surface area contributed by atoms with Crippen LogP contribution in [0.4, 0.5) is 5.82 Å². The molecule has 0 spiro atoms. The summed E-state index contributed by atoms with van der Waals surface area (Å²) in [6.07, 6.45) is 4.51. The highest BCUT2D eigenvalue weighted by atomic mass is 32.2. The molecule has 0 radical (unpaired) electrons. The summed E-state index contributed by atoms with van der Waals surface area (Å²) in [5, 5.41) is 14.3. The van der Waals surface area contributed by atoms with Crippen LogP contribution >= 0.6 is 0 Å². The minimum Gasteiger partial charge on any atom is -0.389 e. The van der Waals surface area contributed by atoms with Crippen molar-refractivity contribution >= 4 is 26.0 Å². The van der Waals surface area contributed by atoms with Crippen LogP contribution in [-0.2, 0) is 24.3 Å². The van der Waals surface area contributed by atoms with Crippen LogP contribution in [-0.4, -0.2) is 60.4 Å². The van der Waals surface area contributed by atoms with E-state index in [4.69, 9.17) is 9.92 Å². The Hall–Kier alpha value is -3.69. The molecular weight excluding hydrogens is 568 g/mol. The van der Waals surface area contributed by atoms with Gasteiger partial charge in [0.15, 0.2) is 0 Å². The van der Waals surface area contributed by atoms with Gasteiger partial charge in [0.2, 0.25) is 10.0 Å². The van der Waals surface area contributed by atoms with Crippen molar-refractivity contribution in [2.45, 2.75) is 50.0 Å². The fourth-order valence-electron chi connectivity index (χ4n) is 3.95. The largest absolute Gasteiger partial charge is 0.389 e. The molecule has 4 rings (SSSR count). The Morgan fingerprint density at radius 2 is 1.80 bits per heavy atom. The normalized spacial score (nSPS) is 12.5. The molecule has 41 heavy (non-hydrogen) atoms. The lowest BCUT2D eigenvalue weighted by molar-refractivity contribution is 0.0857. The van der Waals surface area contributed by atoms with Crippen LogP contribution in [0.1, 0.15) is 31.9 Å². The number of nitrogens with two attached hydrogens (primary N) is 1. The van der Waals surface area contributed by atoms with Crippen LogP contribution in [0.2, 0.25) is 0 Å². The number of benzene rings is 2. The monoisotopic (exact) mass is 600 g/mol. The van der Waals surface area contributed by atoms with Gasteiger partial charge in [0.05, 0.1) is 40.9 Å². The zero-order valence-corrected chi connectivity index (χ0v) is 24.9. The van der Waals surface area contributed by atoms with Crippen molar-refractivity contribution in [3.05, 3.63) is 66.1 Å². The minimum absolute atomic E-state index is 0.00201. The van der Waals surface area contributed by atoms with Gasteiger partial charge < -0.3 is 10.8 Å². The number of nitrogen functional groups attached to an aromatic ring is 1. The van der Waals surface area contributed by atoms with E-state index in [9.17, 15) is 21.9 Å². The Morgan fingerprint density at radius 3 is 2.49 bits per heavy atom. The number of hydrogen-bond acceptors (Lipinski definition) is 10. The van der Waals surface area contributed by atoms with E-state index in [2.05, 4.69) is 19.8 Å². The van der Waals surface area contributed by atoms with E-state index in [1.165, 1.54) is 49.1 Å². The number of hydrogen-bond donors (Lipinski definition) is 3. The zero-order chi connectivity index (χ0) is 30.2. The molecule has 0 unspecified atom stereocenters. The summed E-state index contributed by atoms with van der Waals surface area (Å²) in [4.78, 5) is 8.90. The molecule has 218 valence electrons. The Kier molecular flexibility index (Phi) is 8.34. The molecule has 0 fully saturated rings. The van der Waals surface area contributed by atoms with Gasteiger partial charge in [-0.2, -0.15) is 13.5 Å². The first-order valence-electron chi connectivity index (χ1n) is 12.6. The molecule has 0 saturated carbocycles. The molecule has 12 nitrogen and oxygen atoms in total. The van der Waals surface area contributed by atoms with Gasteiger partial charge in [0, 0.05) is 23.9 Å². The van der Waals surface area contributed by atoms with E-state index in [1.807, 2.05) is 13.8 Å². The fraction of sp³-hybridized carbons (Fsp3) is 0.296. The molecule has 0 aliphatic carbocycles. The number of rotatable bonds is 10. The third-order valence-electron chi connectivity index (χ3n) is 6.05. The second kappa shape index (κ2) is 11.3. The van der Waals surface area contributed by atoms with Gasteiger partial charge in [-0.3, -0.25) is 4.18 Å². The van der Waals surface area contributed by atoms with E-state index < -0.39 is 25.7 Å². The van der Waals surface area contributed by atoms with E-state index in [0.717, 1.165) is 11.1 Å².